The van der Waals surface area contributed by atoms with Gasteiger partial charge in [-0.1, -0.05) is 86.6 Å². The van der Waals surface area contributed by atoms with Crippen LogP contribution in [0.1, 0.15) is 13.8 Å². The van der Waals surface area contributed by atoms with Gasteiger partial charge in [0.2, 0.25) is 0 Å². The first-order valence-corrected chi connectivity index (χ1v) is 22.8. The molecule has 0 radical (unpaired) electrons. The van der Waals surface area contributed by atoms with E-state index in [4.69, 9.17) is 9.97 Å². The fourth-order valence-corrected chi connectivity index (χ4v) is 10.6. The predicted octanol–water partition coefficient (Wildman–Crippen LogP) is 15.5. The SMILES string of the molecule is CC.c1ccc(-c2ccccc2-c2ccc3c(c2)c2ncccc2n3-c2ccc3sc4ccc(-n5c6ccc(-c7ccccc7-c7ccccn7)cc6c6ncccc65)cc4c3c2)nc1. The molecule has 7 heteroatoms. The minimum atomic E-state index is 0.954. The van der Waals surface area contributed by atoms with Crippen molar-refractivity contribution < 1.29 is 0 Å². The van der Waals surface area contributed by atoms with Crippen LogP contribution in [0.15, 0.2) is 207 Å². The second-order valence-corrected chi connectivity index (χ2v) is 16.9. The summed E-state index contributed by atoms with van der Waals surface area (Å²) in [5.41, 5.74) is 17.2. The van der Waals surface area contributed by atoms with E-state index in [1.807, 2.05) is 86.4 Å². The largest absolute Gasteiger partial charge is 0.308 e. The molecule has 6 aromatic carbocycles. The van der Waals surface area contributed by atoms with E-state index in [-0.39, 0.29) is 0 Å². The third kappa shape index (κ3) is 6.31. The average molecular weight is 853 g/mol. The van der Waals surface area contributed by atoms with Gasteiger partial charge in [-0.15, -0.1) is 11.3 Å². The van der Waals surface area contributed by atoms with Crippen molar-refractivity contribution in [3.8, 4) is 56.1 Å². The van der Waals surface area contributed by atoms with Crippen LogP contribution in [-0.2, 0) is 0 Å². The second-order valence-electron chi connectivity index (χ2n) is 15.9. The summed E-state index contributed by atoms with van der Waals surface area (Å²) in [6.45, 7) is 4.00. The van der Waals surface area contributed by atoms with Crippen LogP contribution < -0.4 is 0 Å². The van der Waals surface area contributed by atoms with Crippen molar-refractivity contribution in [2.45, 2.75) is 13.8 Å². The number of thiophene rings is 1. The molecule has 13 rings (SSSR count). The predicted molar refractivity (Wildman–Crippen MR) is 272 cm³/mol. The molecule has 0 atom stereocenters. The molecule has 0 aliphatic rings. The van der Waals surface area contributed by atoms with E-state index in [9.17, 15) is 0 Å². The Kier molecular flexibility index (Phi) is 9.35. The molecule has 13 aromatic rings. The number of pyridine rings is 4. The van der Waals surface area contributed by atoms with Crippen LogP contribution in [-0.4, -0.2) is 29.1 Å². The zero-order valence-electron chi connectivity index (χ0n) is 35.7. The molecule has 0 N–H and O–H groups in total. The highest BCUT2D eigenvalue weighted by atomic mass is 32.1. The lowest BCUT2D eigenvalue weighted by Crippen LogP contribution is -1.94. The topological polar surface area (TPSA) is 61.4 Å². The Balaban J connectivity index is 0.00000219. The molecular formula is C58H40N6S. The zero-order valence-corrected chi connectivity index (χ0v) is 36.5. The highest BCUT2D eigenvalue weighted by molar-refractivity contribution is 7.25. The fourth-order valence-electron chi connectivity index (χ4n) is 9.55. The van der Waals surface area contributed by atoms with Gasteiger partial charge >= 0.3 is 0 Å². The van der Waals surface area contributed by atoms with Crippen molar-refractivity contribution in [3.05, 3.63) is 207 Å². The first kappa shape index (κ1) is 38.4. The summed E-state index contributed by atoms with van der Waals surface area (Å²) < 4.78 is 7.22. The lowest BCUT2D eigenvalue weighted by molar-refractivity contribution is 1.18. The Hall–Kier alpha value is -8.26. The number of nitrogens with zero attached hydrogens (tertiary/aromatic N) is 6. The maximum atomic E-state index is 4.96. The number of hydrogen-bond donors (Lipinski definition) is 0. The third-order valence-electron chi connectivity index (χ3n) is 12.4. The lowest BCUT2D eigenvalue weighted by Gasteiger charge is -2.11. The number of aromatic nitrogens is 6. The number of fused-ring (bicyclic) bond motifs is 9. The molecule has 7 aromatic heterocycles. The first-order chi connectivity index (χ1) is 32.2. The van der Waals surface area contributed by atoms with E-state index in [0.29, 0.717) is 0 Å². The Bertz CT molecular complexity index is 3670. The summed E-state index contributed by atoms with van der Waals surface area (Å²) in [6, 6.07) is 64.8. The van der Waals surface area contributed by atoms with E-state index >= 15 is 0 Å². The molecule has 0 amide bonds. The summed E-state index contributed by atoms with van der Waals surface area (Å²) in [5, 5.41) is 4.67. The van der Waals surface area contributed by atoms with Gasteiger partial charge < -0.3 is 9.13 Å². The van der Waals surface area contributed by atoms with Crippen molar-refractivity contribution in [1.29, 1.82) is 0 Å². The van der Waals surface area contributed by atoms with E-state index in [2.05, 4.69) is 165 Å². The van der Waals surface area contributed by atoms with Crippen molar-refractivity contribution >= 4 is 75.4 Å². The number of rotatable bonds is 6. The molecule has 0 aliphatic carbocycles. The fraction of sp³-hybridized carbons (Fsp3) is 0.0345. The summed E-state index contributed by atoms with van der Waals surface area (Å²) in [5.74, 6) is 0. The van der Waals surface area contributed by atoms with Gasteiger partial charge in [0.25, 0.3) is 0 Å². The highest BCUT2D eigenvalue weighted by Gasteiger charge is 2.19. The first-order valence-electron chi connectivity index (χ1n) is 22.0. The van der Waals surface area contributed by atoms with Gasteiger partial charge in [-0.05, 0) is 131 Å². The average Bonchev–Trinajstić information content (AvgIpc) is 4.04. The van der Waals surface area contributed by atoms with Crippen LogP contribution in [0.4, 0.5) is 0 Å². The van der Waals surface area contributed by atoms with Crippen LogP contribution in [0.3, 0.4) is 0 Å². The quantitative estimate of drug-likeness (QED) is 0.167. The van der Waals surface area contributed by atoms with Crippen molar-refractivity contribution in [3.63, 3.8) is 0 Å². The molecule has 0 bridgehead atoms. The van der Waals surface area contributed by atoms with Crippen LogP contribution in [0.2, 0.25) is 0 Å². The molecule has 0 aliphatic heterocycles. The maximum absolute atomic E-state index is 4.96. The highest BCUT2D eigenvalue weighted by Crippen LogP contribution is 2.42. The molecular weight excluding hydrogens is 813 g/mol. The summed E-state index contributed by atoms with van der Waals surface area (Å²) in [4.78, 5) is 19.3. The summed E-state index contributed by atoms with van der Waals surface area (Å²) >= 11 is 1.83. The molecule has 0 fully saturated rings. The molecule has 7 heterocycles. The minimum Gasteiger partial charge on any atom is -0.308 e. The molecule has 65 heavy (non-hydrogen) atoms. The van der Waals surface area contributed by atoms with Crippen molar-refractivity contribution in [2.24, 2.45) is 0 Å². The van der Waals surface area contributed by atoms with Gasteiger partial charge in [-0.2, -0.15) is 0 Å². The molecule has 0 saturated carbocycles. The van der Waals surface area contributed by atoms with Crippen LogP contribution in [0.25, 0.3) is 120 Å². The van der Waals surface area contributed by atoms with Gasteiger partial charge in [0.1, 0.15) is 0 Å². The molecule has 0 unspecified atom stereocenters. The summed E-state index contributed by atoms with van der Waals surface area (Å²) in [6.07, 6.45) is 7.49. The van der Waals surface area contributed by atoms with Crippen LogP contribution in [0.5, 0.6) is 0 Å². The Morgan fingerprint density at radius 1 is 0.338 bits per heavy atom. The normalized spacial score (nSPS) is 11.5. The van der Waals surface area contributed by atoms with Crippen molar-refractivity contribution in [1.82, 2.24) is 29.1 Å². The van der Waals surface area contributed by atoms with Gasteiger partial charge in [-0.3, -0.25) is 19.9 Å². The molecule has 308 valence electrons. The Labute approximate surface area is 379 Å². The zero-order chi connectivity index (χ0) is 43.4. The van der Waals surface area contributed by atoms with Gasteiger partial charge in [-0.25, -0.2) is 0 Å². The van der Waals surface area contributed by atoms with Gasteiger partial charge in [0.05, 0.1) is 44.5 Å². The standard InChI is InChI=1S/C56H34N6S.C2H6/c1-3-13-41(47-15-5-7-27-57-47)39(11-1)35-19-23-49-45(31-35)55-51(17-9-29-59-55)61(49)37-21-25-53-43(33-37)44-34-38(22-26-54(44)63-53)62-50-24-20-36(32-46(50)56-52(62)18-10-30-60-56)40-12-2-4-14-42(40)48-16-6-8-28-58-48;1-2/h1-34H;1-2H3. The Morgan fingerprint density at radius 3 is 1.22 bits per heavy atom. The summed E-state index contributed by atoms with van der Waals surface area (Å²) in [7, 11) is 0. The smallest absolute Gasteiger partial charge is 0.0963 e. The maximum Gasteiger partial charge on any atom is 0.0963 e. The Morgan fingerprint density at radius 2 is 0.769 bits per heavy atom. The van der Waals surface area contributed by atoms with E-state index < -0.39 is 0 Å². The van der Waals surface area contributed by atoms with Crippen LogP contribution >= 0.6 is 11.3 Å². The molecule has 6 nitrogen and oxygen atoms in total. The van der Waals surface area contributed by atoms with Crippen LogP contribution in [0, 0.1) is 0 Å². The van der Waals surface area contributed by atoms with E-state index in [1.54, 1.807) is 0 Å². The van der Waals surface area contributed by atoms with Crippen molar-refractivity contribution in [2.75, 3.05) is 0 Å². The third-order valence-corrected chi connectivity index (χ3v) is 13.5. The number of benzene rings is 6. The number of hydrogen-bond acceptors (Lipinski definition) is 5. The second kappa shape index (κ2) is 15.8. The van der Waals surface area contributed by atoms with Gasteiger partial charge in [0.15, 0.2) is 0 Å². The minimum absolute atomic E-state index is 0.954. The molecule has 0 saturated heterocycles. The molecule has 0 spiro atoms. The lowest BCUT2D eigenvalue weighted by atomic mass is 9.96. The van der Waals surface area contributed by atoms with E-state index in [1.165, 1.54) is 20.2 Å². The van der Waals surface area contributed by atoms with E-state index in [0.717, 1.165) is 100 Å². The van der Waals surface area contributed by atoms with Gasteiger partial charge in [0, 0.05) is 78.2 Å². The monoisotopic (exact) mass is 852 g/mol.